The van der Waals surface area contributed by atoms with Gasteiger partial charge in [0.05, 0.1) is 0 Å². The van der Waals surface area contributed by atoms with Gasteiger partial charge in [-0.3, -0.25) is 0 Å². The molecule has 1 N–H and O–H groups in total. The highest BCUT2D eigenvalue weighted by molar-refractivity contribution is 5.93. The Hall–Kier alpha value is -1.58. The first-order chi connectivity index (χ1) is 7.27. The van der Waals surface area contributed by atoms with E-state index in [9.17, 15) is 4.79 Å². The molecule has 0 aromatic carbocycles. The Labute approximate surface area is 87.5 Å². The number of piperidine rings is 1. The first kappa shape index (κ1) is 8.71. The number of aromatic nitrogens is 1. The fourth-order valence-corrected chi connectivity index (χ4v) is 2.45. The van der Waals surface area contributed by atoms with Crippen LogP contribution in [0.2, 0.25) is 0 Å². The third-order valence-electron chi connectivity index (χ3n) is 3.32. The minimum absolute atomic E-state index is 0.324. The quantitative estimate of drug-likeness (QED) is 0.790. The van der Waals surface area contributed by atoms with E-state index in [0.29, 0.717) is 17.4 Å². The van der Waals surface area contributed by atoms with Crippen LogP contribution in [0.25, 0.3) is 0 Å². The van der Waals surface area contributed by atoms with E-state index in [1.165, 1.54) is 12.8 Å². The molecule has 2 atom stereocenters. The van der Waals surface area contributed by atoms with Crippen LogP contribution in [0.4, 0.5) is 5.82 Å². The van der Waals surface area contributed by atoms with Gasteiger partial charge in [-0.1, -0.05) is 0 Å². The van der Waals surface area contributed by atoms with Gasteiger partial charge in [0.15, 0.2) is 0 Å². The summed E-state index contributed by atoms with van der Waals surface area (Å²) in [6.45, 7) is 0.951. The zero-order valence-electron chi connectivity index (χ0n) is 8.26. The highest BCUT2D eigenvalue weighted by Crippen LogP contribution is 2.46. The fourth-order valence-electron chi connectivity index (χ4n) is 2.45. The Kier molecular flexibility index (Phi) is 1.71. The first-order valence-corrected chi connectivity index (χ1v) is 5.22. The molecule has 4 nitrogen and oxygen atoms in total. The number of carboxylic acids is 1. The maximum absolute atomic E-state index is 11.0. The summed E-state index contributed by atoms with van der Waals surface area (Å²) in [6, 6.07) is 3.85. The summed E-state index contributed by atoms with van der Waals surface area (Å²) in [6.07, 6.45) is 4.05. The summed E-state index contributed by atoms with van der Waals surface area (Å²) in [5.41, 5.74) is 0.324. The molecule has 2 fully saturated rings. The van der Waals surface area contributed by atoms with Crippen LogP contribution in [-0.2, 0) is 0 Å². The van der Waals surface area contributed by atoms with Crippen molar-refractivity contribution >= 4 is 11.8 Å². The SMILES string of the molecule is O=C(O)c1cccnc1N1CCC2CC21. The maximum Gasteiger partial charge on any atom is 0.339 e. The number of fused-ring (bicyclic) bond motifs is 1. The lowest BCUT2D eigenvalue weighted by Crippen LogP contribution is -2.25. The number of carboxylic acid groups (broad SMARTS) is 1. The van der Waals surface area contributed by atoms with Crippen LogP contribution in [-0.4, -0.2) is 28.6 Å². The van der Waals surface area contributed by atoms with Gasteiger partial charge in [-0.05, 0) is 30.9 Å². The molecule has 3 rings (SSSR count). The molecule has 1 aromatic heterocycles. The normalized spacial score (nSPS) is 27.6. The lowest BCUT2D eigenvalue weighted by Gasteiger charge is -2.20. The van der Waals surface area contributed by atoms with Crippen LogP contribution >= 0.6 is 0 Å². The number of hydrogen-bond acceptors (Lipinski definition) is 3. The Morgan fingerprint density at radius 3 is 3.07 bits per heavy atom. The van der Waals surface area contributed by atoms with Crippen molar-refractivity contribution in [3.63, 3.8) is 0 Å². The van der Waals surface area contributed by atoms with Crippen molar-refractivity contribution in [2.45, 2.75) is 18.9 Å². The van der Waals surface area contributed by atoms with Crippen LogP contribution in [0.1, 0.15) is 23.2 Å². The van der Waals surface area contributed by atoms with E-state index < -0.39 is 5.97 Å². The van der Waals surface area contributed by atoms with Gasteiger partial charge in [0, 0.05) is 18.8 Å². The summed E-state index contributed by atoms with van der Waals surface area (Å²) in [5.74, 6) is 0.547. The Morgan fingerprint density at radius 2 is 2.47 bits per heavy atom. The highest BCUT2D eigenvalue weighted by atomic mass is 16.4. The van der Waals surface area contributed by atoms with Crippen molar-refractivity contribution in [1.29, 1.82) is 0 Å². The molecule has 2 unspecified atom stereocenters. The van der Waals surface area contributed by atoms with E-state index >= 15 is 0 Å². The third-order valence-corrected chi connectivity index (χ3v) is 3.32. The van der Waals surface area contributed by atoms with Crippen LogP contribution in [0.15, 0.2) is 18.3 Å². The van der Waals surface area contributed by atoms with Gasteiger partial charge in [-0.15, -0.1) is 0 Å². The van der Waals surface area contributed by atoms with Gasteiger partial charge in [-0.2, -0.15) is 0 Å². The fraction of sp³-hybridized carbons (Fsp3) is 0.455. The van der Waals surface area contributed by atoms with Gasteiger partial charge in [0.25, 0.3) is 0 Å². The summed E-state index contributed by atoms with van der Waals surface area (Å²) in [5, 5.41) is 9.06. The van der Waals surface area contributed by atoms with Crippen molar-refractivity contribution in [2.75, 3.05) is 11.4 Å². The molecule has 1 aliphatic heterocycles. The number of hydrogen-bond donors (Lipinski definition) is 1. The number of aromatic carboxylic acids is 1. The number of rotatable bonds is 2. The molecule has 0 amide bonds. The molecule has 2 heterocycles. The Morgan fingerprint density at radius 1 is 1.60 bits per heavy atom. The molecule has 0 bridgehead atoms. The summed E-state index contributed by atoms with van der Waals surface area (Å²) in [7, 11) is 0. The van der Waals surface area contributed by atoms with Crippen LogP contribution in [0.3, 0.4) is 0 Å². The molecule has 15 heavy (non-hydrogen) atoms. The number of pyridine rings is 1. The number of anilines is 1. The van der Waals surface area contributed by atoms with E-state index in [1.54, 1.807) is 18.3 Å². The Balaban J connectivity index is 1.99. The van der Waals surface area contributed by atoms with Crippen LogP contribution in [0.5, 0.6) is 0 Å². The molecule has 4 heteroatoms. The lowest BCUT2D eigenvalue weighted by atomic mass is 10.2. The van der Waals surface area contributed by atoms with E-state index in [2.05, 4.69) is 9.88 Å². The van der Waals surface area contributed by atoms with Crippen molar-refractivity contribution in [1.82, 2.24) is 4.98 Å². The topological polar surface area (TPSA) is 53.4 Å². The van der Waals surface area contributed by atoms with Crippen molar-refractivity contribution in [3.8, 4) is 0 Å². The smallest absolute Gasteiger partial charge is 0.339 e. The molecule has 0 spiro atoms. The summed E-state index contributed by atoms with van der Waals surface area (Å²) < 4.78 is 0. The average Bonchev–Trinajstić information content (AvgIpc) is 2.90. The number of nitrogens with zero attached hydrogens (tertiary/aromatic N) is 2. The Bertz CT molecular complexity index is 419. The van der Waals surface area contributed by atoms with E-state index in [4.69, 9.17) is 5.11 Å². The summed E-state index contributed by atoms with van der Waals surface area (Å²) >= 11 is 0. The van der Waals surface area contributed by atoms with Gasteiger partial charge in [-0.25, -0.2) is 9.78 Å². The second-order valence-electron chi connectivity index (χ2n) is 4.22. The molecule has 1 saturated heterocycles. The predicted octanol–water partition coefficient (Wildman–Crippen LogP) is 1.38. The molecular formula is C11H12N2O2. The minimum atomic E-state index is -0.887. The standard InChI is InChI=1S/C11H12N2O2/c14-11(15)8-2-1-4-12-10(8)13-5-3-7-6-9(7)13/h1-2,4,7,9H,3,5-6H2,(H,14,15). The van der Waals surface area contributed by atoms with Crippen molar-refractivity contribution in [3.05, 3.63) is 23.9 Å². The largest absolute Gasteiger partial charge is 0.478 e. The predicted molar refractivity (Wildman–Crippen MR) is 55.1 cm³/mol. The molecule has 78 valence electrons. The molecular weight excluding hydrogens is 192 g/mol. The average molecular weight is 204 g/mol. The van der Waals surface area contributed by atoms with Gasteiger partial charge in [0.2, 0.25) is 0 Å². The highest BCUT2D eigenvalue weighted by Gasteiger charge is 2.48. The monoisotopic (exact) mass is 204 g/mol. The van der Waals surface area contributed by atoms with Crippen LogP contribution in [0, 0.1) is 5.92 Å². The van der Waals surface area contributed by atoms with Crippen LogP contribution < -0.4 is 4.90 Å². The minimum Gasteiger partial charge on any atom is -0.478 e. The molecule has 1 saturated carbocycles. The third kappa shape index (κ3) is 1.28. The maximum atomic E-state index is 11.0. The molecule has 0 radical (unpaired) electrons. The first-order valence-electron chi connectivity index (χ1n) is 5.22. The van der Waals surface area contributed by atoms with Crippen molar-refractivity contribution < 1.29 is 9.90 Å². The van der Waals surface area contributed by atoms with E-state index in [1.807, 2.05) is 0 Å². The van der Waals surface area contributed by atoms with E-state index in [-0.39, 0.29) is 0 Å². The second-order valence-corrected chi connectivity index (χ2v) is 4.22. The number of carbonyl (C=O) groups is 1. The summed E-state index contributed by atoms with van der Waals surface area (Å²) in [4.78, 5) is 17.4. The zero-order valence-corrected chi connectivity index (χ0v) is 8.26. The van der Waals surface area contributed by atoms with Gasteiger partial charge < -0.3 is 10.0 Å². The molecule has 1 aromatic rings. The molecule has 1 aliphatic carbocycles. The van der Waals surface area contributed by atoms with Gasteiger partial charge >= 0.3 is 5.97 Å². The lowest BCUT2D eigenvalue weighted by molar-refractivity contribution is 0.0697. The van der Waals surface area contributed by atoms with E-state index in [0.717, 1.165) is 12.5 Å². The zero-order chi connectivity index (χ0) is 10.4. The molecule has 2 aliphatic rings. The second kappa shape index (κ2) is 2.95. The van der Waals surface area contributed by atoms with Crippen molar-refractivity contribution in [2.24, 2.45) is 5.92 Å². The van der Waals surface area contributed by atoms with Gasteiger partial charge in [0.1, 0.15) is 11.4 Å².